The Kier molecular flexibility index (Phi) is 4.02. The van der Waals surface area contributed by atoms with Crippen LogP contribution in [0.1, 0.15) is 26.6 Å². The fraction of sp³-hybridized carbons (Fsp3) is 0.389. The number of nitrogens with one attached hydrogen (secondary N) is 1. The maximum absolute atomic E-state index is 5.75. The SMILES string of the molecule is CC(C)(C)c1nnc2ccc(NCCOc3ccc4c(c3)OCO4)nn12. The van der Waals surface area contributed by atoms with Crippen LogP contribution in [0.4, 0.5) is 5.82 Å². The lowest BCUT2D eigenvalue weighted by molar-refractivity contribution is 0.174. The molecule has 0 unspecified atom stereocenters. The highest BCUT2D eigenvalue weighted by Gasteiger charge is 2.21. The molecule has 0 bridgehead atoms. The largest absolute Gasteiger partial charge is 0.492 e. The molecule has 3 heterocycles. The van der Waals surface area contributed by atoms with Crippen LogP contribution in [-0.4, -0.2) is 39.8 Å². The summed E-state index contributed by atoms with van der Waals surface area (Å²) in [5.74, 6) is 3.78. The van der Waals surface area contributed by atoms with Crippen molar-refractivity contribution in [1.29, 1.82) is 0 Å². The number of benzene rings is 1. The Balaban J connectivity index is 1.37. The van der Waals surface area contributed by atoms with Crippen molar-refractivity contribution < 1.29 is 14.2 Å². The first kappa shape index (κ1) is 16.4. The number of hydrogen-bond acceptors (Lipinski definition) is 7. The Bertz CT molecular complexity index is 932. The van der Waals surface area contributed by atoms with Crippen LogP contribution in [0.15, 0.2) is 30.3 Å². The molecule has 1 aromatic carbocycles. The molecule has 136 valence electrons. The molecule has 0 saturated carbocycles. The van der Waals surface area contributed by atoms with Gasteiger partial charge in [0.05, 0.1) is 6.54 Å². The molecule has 1 N–H and O–H groups in total. The van der Waals surface area contributed by atoms with Gasteiger partial charge < -0.3 is 19.5 Å². The second kappa shape index (κ2) is 6.36. The molecule has 1 aliphatic heterocycles. The number of nitrogens with zero attached hydrogens (tertiary/aromatic N) is 4. The fourth-order valence-electron chi connectivity index (χ4n) is 2.67. The summed E-state index contributed by atoms with van der Waals surface area (Å²) in [5, 5.41) is 16.3. The summed E-state index contributed by atoms with van der Waals surface area (Å²) in [7, 11) is 0. The van der Waals surface area contributed by atoms with Crippen LogP contribution in [0, 0.1) is 0 Å². The Labute approximate surface area is 151 Å². The van der Waals surface area contributed by atoms with Crippen molar-refractivity contribution in [2.45, 2.75) is 26.2 Å². The molecule has 8 heteroatoms. The number of aromatic nitrogens is 4. The van der Waals surface area contributed by atoms with E-state index in [1.165, 1.54) is 0 Å². The zero-order valence-electron chi connectivity index (χ0n) is 15.0. The molecule has 0 radical (unpaired) electrons. The van der Waals surface area contributed by atoms with Crippen LogP contribution in [0.25, 0.3) is 5.65 Å². The molecule has 0 aliphatic carbocycles. The zero-order valence-corrected chi connectivity index (χ0v) is 15.0. The van der Waals surface area contributed by atoms with Gasteiger partial charge >= 0.3 is 0 Å². The predicted molar refractivity (Wildman–Crippen MR) is 96.0 cm³/mol. The van der Waals surface area contributed by atoms with Crippen LogP contribution in [0.2, 0.25) is 0 Å². The van der Waals surface area contributed by atoms with Gasteiger partial charge in [0, 0.05) is 11.5 Å². The Morgan fingerprint density at radius 1 is 1.12 bits per heavy atom. The molecule has 1 aliphatic rings. The van der Waals surface area contributed by atoms with Gasteiger partial charge in [-0.1, -0.05) is 20.8 Å². The van der Waals surface area contributed by atoms with Crippen molar-refractivity contribution in [3.63, 3.8) is 0 Å². The number of hydrogen-bond donors (Lipinski definition) is 1. The third kappa shape index (κ3) is 3.22. The number of ether oxygens (including phenoxy) is 3. The molecule has 8 nitrogen and oxygen atoms in total. The first-order chi connectivity index (χ1) is 12.5. The quantitative estimate of drug-likeness (QED) is 0.705. The second-order valence-corrected chi connectivity index (χ2v) is 7.05. The molecule has 0 fully saturated rings. The van der Waals surface area contributed by atoms with Crippen LogP contribution in [0.5, 0.6) is 17.2 Å². The molecule has 0 spiro atoms. The van der Waals surface area contributed by atoms with Gasteiger partial charge in [-0.05, 0) is 24.3 Å². The van der Waals surface area contributed by atoms with E-state index in [0.29, 0.717) is 18.9 Å². The van der Waals surface area contributed by atoms with E-state index in [1.807, 2.05) is 30.3 Å². The fourth-order valence-corrected chi connectivity index (χ4v) is 2.67. The van der Waals surface area contributed by atoms with E-state index in [9.17, 15) is 0 Å². The third-order valence-corrected chi connectivity index (χ3v) is 3.95. The predicted octanol–water partition coefficient (Wildman–Crippen LogP) is 2.64. The molecular formula is C18H21N5O3. The highest BCUT2D eigenvalue weighted by molar-refractivity contribution is 5.47. The standard InChI is InChI=1S/C18H21N5O3/c1-18(2,3)17-21-20-16-7-6-15(22-23(16)17)19-8-9-24-12-4-5-13-14(10-12)26-11-25-13/h4-7,10H,8-9,11H2,1-3H3,(H,19,22). The maximum Gasteiger partial charge on any atom is 0.231 e. The molecule has 4 rings (SSSR count). The van der Waals surface area contributed by atoms with E-state index in [-0.39, 0.29) is 12.2 Å². The summed E-state index contributed by atoms with van der Waals surface area (Å²) >= 11 is 0. The van der Waals surface area contributed by atoms with Gasteiger partial charge in [0.1, 0.15) is 18.2 Å². The molecule has 3 aromatic rings. The van der Waals surface area contributed by atoms with Gasteiger partial charge in [0.15, 0.2) is 23.0 Å². The van der Waals surface area contributed by atoms with Crippen molar-refractivity contribution in [1.82, 2.24) is 19.8 Å². The molecule has 2 aromatic heterocycles. The van der Waals surface area contributed by atoms with E-state index in [1.54, 1.807) is 4.52 Å². The van der Waals surface area contributed by atoms with Gasteiger partial charge in [-0.3, -0.25) is 0 Å². The second-order valence-electron chi connectivity index (χ2n) is 7.05. The van der Waals surface area contributed by atoms with E-state index >= 15 is 0 Å². The zero-order chi connectivity index (χ0) is 18.1. The van der Waals surface area contributed by atoms with Gasteiger partial charge in [-0.15, -0.1) is 15.3 Å². The summed E-state index contributed by atoms with van der Waals surface area (Å²) in [6.07, 6.45) is 0. The number of rotatable bonds is 5. The molecular weight excluding hydrogens is 334 g/mol. The number of anilines is 1. The lowest BCUT2D eigenvalue weighted by Gasteiger charge is -2.15. The minimum absolute atomic E-state index is 0.131. The summed E-state index contributed by atoms with van der Waals surface area (Å²) in [5.41, 5.74) is 0.602. The van der Waals surface area contributed by atoms with Crippen molar-refractivity contribution in [2.75, 3.05) is 25.3 Å². The lowest BCUT2D eigenvalue weighted by Crippen LogP contribution is -2.18. The topological polar surface area (TPSA) is 82.8 Å². The highest BCUT2D eigenvalue weighted by Crippen LogP contribution is 2.35. The Morgan fingerprint density at radius 3 is 2.81 bits per heavy atom. The molecule has 0 amide bonds. The van der Waals surface area contributed by atoms with Crippen molar-refractivity contribution >= 4 is 11.5 Å². The van der Waals surface area contributed by atoms with Crippen molar-refractivity contribution in [3.8, 4) is 17.2 Å². The number of fused-ring (bicyclic) bond motifs is 2. The molecule has 0 saturated heterocycles. The highest BCUT2D eigenvalue weighted by atomic mass is 16.7. The summed E-state index contributed by atoms with van der Waals surface area (Å²) in [4.78, 5) is 0. The molecule has 26 heavy (non-hydrogen) atoms. The van der Waals surface area contributed by atoms with Gasteiger partial charge in [0.25, 0.3) is 0 Å². The first-order valence-electron chi connectivity index (χ1n) is 8.50. The van der Waals surface area contributed by atoms with Crippen LogP contribution in [-0.2, 0) is 5.41 Å². The van der Waals surface area contributed by atoms with Crippen LogP contribution >= 0.6 is 0 Å². The normalized spacial score (nSPS) is 13.2. The van der Waals surface area contributed by atoms with Gasteiger partial charge in [-0.25, -0.2) is 0 Å². The van der Waals surface area contributed by atoms with Crippen molar-refractivity contribution in [3.05, 3.63) is 36.2 Å². The minimum Gasteiger partial charge on any atom is -0.492 e. The van der Waals surface area contributed by atoms with Gasteiger partial charge in [-0.2, -0.15) is 4.52 Å². The maximum atomic E-state index is 5.75. The Hall–Kier alpha value is -3.03. The van der Waals surface area contributed by atoms with E-state index in [4.69, 9.17) is 14.2 Å². The average Bonchev–Trinajstić information content (AvgIpc) is 3.24. The first-order valence-corrected chi connectivity index (χ1v) is 8.50. The monoisotopic (exact) mass is 355 g/mol. The van der Waals surface area contributed by atoms with Crippen LogP contribution < -0.4 is 19.5 Å². The Morgan fingerprint density at radius 2 is 1.96 bits per heavy atom. The minimum atomic E-state index is -0.131. The average molecular weight is 355 g/mol. The van der Waals surface area contributed by atoms with E-state index in [2.05, 4.69) is 41.4 Å². The summed E-state index contributed by atoms with van der Waals surface area (Å²) in [6, 6.07) is 9.33. The van der Waals surface area contributed by atoms with Gasteiger partial charge in [0.2, 0.25) is 6.79 Å². The smallest absolute Gasteiger partial charge is 0.231 e. The third-order valence-electron chi connectivity index (χ3n) is 3.95. The summed E-state index contributed by atoms with van der Waals surface area (Å²) in [6.45, 7) is 7.63. The molecule has 0 atom stereocenters. The van der Waals surface area contributed by atoms with Crippen LogP contribution in [0.3, 0.4) is 0 Å². The summed E-state index contributed by atoms with van der Waals surface area (Å²) < 4.78 is 18.2. The lowest BCUT2D eigenvalue weighted by atomic mass is 9.96. The van der Waals surface area contributed by atoms with E-state index < -0.39 is 0 Å². The van der Waals surface area contributed by atoms with Crippen molar-refractivity contribution in [2.24, 2.45) is 0 Å². The van der Waals surface area contributed by atoms with E-state index in [0.717, 1.165) is 28.8 Å².